The Labute approximate surface area is 109 Å². The van der Waals surface area contributed by atoms with Crippen molar-refractivity contribution in [2.75, 3.05) is 0 Å². The van der Waals surface area contributed by atoms with Crippen molar-refractivity contribution in [2.45, 2.75) is 0 Å². The van der Waals surface area contributed by atoms with Crippen molar-refractivity contribution in [1.29, 1.82) is 0 Å². The van der Waals surface area contributed by atoms with Crippen molar-refractivity contribution in [1.82, 2.24) is 0 Å². The van der Waals surface area contributed by atoms with E-state index >= 15 is 0 Å². The molecule has 1 heterocycles. The Balaban J connectivity index is 2.03. The largest absolute Gasteiger partial charge is 0.271 e. The van der Waals surface area contributed by atoms with Gasteiger partial charge in [-0.05, 0) is 18.2 Å². The number of allylic oxidation sites excluding steroid dienone is 3. The first-order chi connectivity index (χ1) is 8.74. The highest BCUT2D eigenvalue weighted by Gasteiger charge is 2.27. The summed E-state index contributed by atoms with van der Waals surface area (Å²) in [7, 11) is 0. The minimum absolute atomic E-state index is 0.221. The molecule has 1 aromatic rings. The van der Waals surface area contributed by atoms with Crippen LogP contribution in [-0.4, -0.2) is 17.5 Å². The van der Waals surface area contributed by atoms with E-state index in [1.54, 1.807) is 18.2 Å². The molecule has 1 aliphatic heterocycles. The number of halogens is 1. The van der Waals surface area contributed by atoms with Crippen molar-refractivity contribution in [3.05, 3.63) is 59.2 Å². The number of rotatable bonds is 1. The molecule has 1 amide bonds. The second kappa shape index (κ2) is 4.35. The Morgan fingerprint density at radius 1 is 1.06 bits per heavy atom. The van der Waals surface area contributed by atoms with Gasteiger partial charge in [0.2, 0.25) is 0 Å². The van der Waals surface area contributed by atoms with Gasteiger partial charge in [0, 0.05) is 10.6 Å². The predicted molar refractivity (Wildman–Crippen MR) is 72.0 cm³/mol. The van der Waals surface area contributed by atoms with Gasteiger partial charge < -0.3 is 0 Å². The van der Waals surface area contributed by atoms with Gasteiger partial charge in [-0.1, -0.05) is 41.9 Å². The smallest absolute Gasteiger partial charge is 0.260 e. The molecule has 0 aromatic heterocycles. The third-order valence-corrected chi connectivity index (χ3v) is 3.06. The Hall–Kier alpha value is -2.00. The lowest BCUT2D eigenvalue weighted by Crippen LogP contribution is -2.27. The molecule has 0 saturated carbocycles. The number of amides is 1. The van der Waals surface area contributed by atoms with E-state index in [2.05, 4.69) is 9.98 Å². The van der Waals surface area contributed by atoms with Crippen LogP contribution in [0.2, 0.25) is 0 Å². The quantitative estimate of drug-likeness (QED) is 0.762. The molecule has 1 unspecified atom stereocenters. The lowest BCUT2D eigenvalue weighted by molar-refractivity contribution is -0.118. The van der Waals surface area contributed by atoms with Crippen LogP contribution in [0.15, 0.2) is 63.6 Å². The number of carbonyl (C=O) groups excluding carboxylic acids is 1. The fraction of sp³-hybridized carbons (Fsp3) is 0.0714. The van der Waals surface area contributed by atoms with E-state index in [1.807, 2.05) is 30.3 Å². The molecule has 1 aliphatic carbocycles. The van der Waals surface area contributed by atoms with Gasteiger partial charge in [-0.25, -0.2) is 4.99 Å². The number of carbonyl (C=O) groups is 1. The van der Waals surface area contributed by atoms with Gasteiger partial charge >= 0.3 is 0 Å². The molecule has 0 fully saturated rings. The first-order valence-corrected chi connectivity index (χ1v) is 5.94. The summed E-state index contributed by atoms with van der Waals surface area (Å²) in [6.45, 7) is 0. The van der Waals surface area contributed by atoms with Crippen LogP contribution in [0.4, 0.5) is 0 Å². The van der Waals surface area contributed by atoms with Gasteiger partial charge in [-0.15, -0.1) is 0 Å². The molecular formula is C14H9ClN2O. The van der Waals surface area contributed by atoms with Crippen LogP contribution in [0.1, 0.15) is 5.56 Å². The van der Waals surface area contributed by atoms with Crippen LogP contribution < -0.4 is 0 Å². The maximum absolute atomic E-state index is 12.0. The minimum atomic E-state index is -0.435. The second-order valence-corrected chi connectivity index (χ2v) is 4.48. The third-order valence-electron chi connectivity index (χ3n) is 2.81. The number of aliphatic imine (C=N–C) groups is 2. The molecule has 0 bridgehead atoms. The van der Waals surface area contributed by atoms with Crippen molar-refractivity contribution in [3.63, 3.8) is 0 Å². The Bertz CT molecular complexity index is 626. The lowest BCUT2D eigenvalue weighted by atomic mass is 9.96. The molecule has 18 heavy (non-hydrogen) atoms. The van der Waals surface area contributed by atoms with Crippen molar-refractivity contribution in [3.8, 4) is 0 Å². The predicted octanol–water partition coefficient (Wildman–Crippen LogP) is 2.72. The summed E-state index contributed by atoms with van der Waals surface area (Å²) in [5, 5.41) is 0.547. The number of amidine groups is 1. The Morgan fingerprint density at radius 3 is 2.61 bits per heavy atom. The summed E-state index contributed by atoms with van der Waals surface area (Å²) in [6, 6.07) is 9.45. The number of hydrogen-bond acceptors (Lipinski definition) is 2. The molecule has 4 heteroatoms. The average Bonchev–Trinajstić information content (AvgIpc) is 2.40. The van der Waals surface area contributed by atoms with Crippen LogP contribution in [0, 0.1) is 5.92 Å². The highest BCUT2D eigenvalue weighted by Crippen LogP contribution is 2.23. The Morgan fingerprint density at radius 2 is 1.83 bits per heavy atom. The molecule has 0 saturated heterocycles. The zero-order valence-electron chi connectivity index (χ0n) is 9.38. The number of hydrogen-bond donors (Lipinski definition) is 0. The first-order valence-electron chi connectivity index (χ1n) is 5.56. The molecule has 88 valence electrons. The summed E-state index contributed by atoms with van der Waals surface area (Å²) < 4.78 is 0. The zero-order chi connectivity index (χ0) is 12.5. The normalized spacial score (nSPS) is 21.9. The lowest BCUT2D eigenvalue weighted by Gasteiger charge is -2.18. The van der Waals surface area contributed by atoms with Crippen LogP contribution in [-0.2, 0) is 4.79 Å². The van der Waals surface area contributed by atoms with Gasteiger partial charge in [0.05, 0.1) is 5.71 Å². The molecular weight excluding hydrogens is 248 g/mol. The topological polar surface area (TPSA) is 41.8 Å². The van der Waals surface area contributed by atoms with Crippen molar-refractivity contribution < 1.29 is 4.79 Å². The van der Waals surface area contributed by atoms with E-state index in [9.17, 15) is 4.79 Å². The second-order valence-electron chi connectivity index (χ2n) is 4.04. The average molecular weight is 257 g/mol. The van der Waals surface area contributed by atoms with Crippen molar-refractivity contribution >= 4 is 29.1 Å². The van der Waals surface area contributed by atoms with E-state index in [4.69, 9.17) is 11.6 Å². The summed E-state index contributed by atoms with van der Waals surface area (Å²) in [5.41, 5.74) is 1.53. The van der Waals surface area contributed by atoms with Gasteiger partial charge in [-0.3, -0.25) is 4.79 Å². The fourth-order valence-corrected chi connectivity index (χ4v) is 2.10. The fourth-order valence-electron chi connectivity index (χ4n) is 1.91. The molecule has 3 nitrogen and oxygen atoms in total. The molecule has 0 radical (unpaired) electrons. The molecule has 1 atom stereocenters. The monoisotopic (exact) mass is 256 g/mol. The minimum Gasteiger partial charge on any atom is -0.271 e. The van der Waals surface area contributed by atoms with Crippen LogP contribution in [0.5, 0.6) is 0 Å². The maximum Gasteiger partial charge on any atom is 0.260 e. The summed E-state index contributed by atoms with van der Waals surface area (Å²) >= 11 is 5.87. The molecule has 0 spiro atoms. The first kappa shape index (κ1) is 11.1. The van der Waals surface area contributed by atoms with E-state index in [-0.39, 0.29) is 5.91 Å². The van der Waals surface area contributed by atoms with Gasteiger partial charge in [-0.2, -0.15) is 4.99 Å². The Kier molecular flexibility index (Phi) is 2.68. The highest BCUT2D eigenvalue weighted by molar-refractivity contribution is 6.34. The van der Waals surface area contributed by atoms with E-state index in [1.165, 1.54) is 0 Å². The summed E-state index contributed by atoms with van der Waals surface area (Å²) in [6.07, 6.45) is 5.18. The molecule has 2 aliphatic rings. The van der Waals surface area contributed by atoms with Crippen LogP contribution in [0.3, 0.4) is 0 Å². The van der Waals surface area contributed by atoms with E-state index in [0.717, 1.165) is 5.56 Å². The molecule has 0 N–H and O–H groups in total. The van der Waals surface area contributed by atoms with Gasteiger partial charge in [0.15, 0.2) is 5.84 Å². The van der Waals surface area contributed by atoms with E-state index in [0.29, 0.717) is 16.6 Å². The standard InChI is InChI=1S/C14H9ClN2O/c15-10-6-7-12-11(8-10)14(18)17-13(16-12)9-4-2-1-3-5-9/h1-8,11H. The SMILES string of the molecule is O=C1N=C(c2ccccc2)N=C2C=CC(Cl)=CC12. The van der Waals surface area contributed by atoms with Crippen LogP contribution in [0.25, 0.3) is 0 Å². The van der Waals surface area contributed by atoms with E-state index < -0.39 is 5.92 Å². The summed E-state index contributed by atoms with van der Waals surface area (Å²) in [4.78, 5) is 20.4. The summed E-state index contributed by atoms with van der Waals surface area (Å²) in [5.74, 6) is -0.195. The number of benzene rings is 1. The third kappa shape index (κ3) is 1.93. The van der Waals surface area contributed by atoms with Crippen molar-refractivity contribution in [2.24, 2.45) is 15.9 Å². The molecule has 3 rings (SSSR count). The zero-order valence-corrected chi connectivity index (χ0v) is 10.1. The maximum atomic E-state index is 12.0. The van der Waals surface area contributed by atoms with Crippen LogP contribution >= 0.6 is 11.6 Å². The number of nitrogens with zero attached hydrogens (tertiary/aromatic N) is 2. The van der Waals surface area contributed by atoms with Gasteiger partial charge in [0.1, 0.15) is 5.92 Å². The van der Waals surface area contributed by atoms with Gasteiger partial charge in [0.25, 0.3) is 5.91 Å². The highest BCUT2D eigenvalue weighted by atomic mass is 35.5. The molecule has 1 aromatic carbocycles. The number of fused-ring (bicyclic) bond motifs is 1.